The summed E-state index contributed by atoms with van der Waals surface area (Å²) in [7, 11) is 1.51. The van der Waals surface area contributed by atoms with Crippen LogP contribution in [0.3, 0.4) is 0 Å². The molecule has 2 aromatic carbocycles. The van der Waals surface area contributed by atoms with E-state index < -0.39 is 17.7 Å². The molecular weight excluding hydrogens is 430 g/mol. The highest BCUT2D eigenvalue weighted by Crippen LogP contribution is 2.45. The zero-order valence-electron chi connectivity index (χ0n) is 18.1. The highest BCUT2D eigenvalue weighted by molar-refractivity contribution is 6.47. The monoisotopic (exact) mass is 455 g/mol. The highest BCUT2D eigenvalue weighted by atomic mass is 35.5. The Bertz CT molecular complexity index is 1070. The van der Waals surface area contributed by atoms with Gasteiger partial charge < -0.3 is 19.5 Å². The maximum Gasteiger partial charge on any atom is 0.295 e. The van der Waals surface area contributed by atoms with Gasteiger partial charge in [-0.25, -0.2) is 0 Å². The van der Waals surface area contributed by atoms with E-state index in [9.17, 15) is 14.7 Å². The molecule has 7 heteroatoms. The fourth-order valence-electron chi connectivity index (χ4n) is 4.64. The average molecular weight is 456 g/mol. The Balaban J connectivity index is 1.91. The van der Waals surface area contributed by atoms with Gasteiger partial charge in [-0.1, -0.05) is 36.6 Å². The minimum atomic E-state index is -0.722. The van der Waals surface area contributed by atoms with Gasteiger partial charge in [0, 0.05) is 11.6 Å². The molecule has 1 atom stereocenters. The maximum absolute atomic E-state index is 13.2. The summed E-state index contributed by atoms with van der Waals surface area (Å²) < 4.78 is 10.9. The Kier molecular flexibility index (Phi) is 6.42. The zero-order valence-corrected chi connectivity index (χ0v) is 18.9. The summed E-state index contributed by atoms with van der Waals surface area (Å²) in [5.41, 5.74) is 0.995. The Hall–Kier alpha value is -2.99. The van der Waals surface area contributed by atoms with Gasteiger partial charge in [0.15, 0.2) is 0 Å². The number of methoxy groups -OCH3 is 1. The van der Waals surface area contributed by atoms with E-state index in [1.165, 1.54) is 7.11 Å². The summed E-state index contributed by atoms with van der Waals surface area (Å²) in [5, 5.41) is 11.5. The van der Waals surface area contributed by atoms with Crippen LogP contribution in [0, 0.1) is 0 Å². The van der Waals surface area contributed by atoms with Crippen molar-refractivity contribution in [1.29, 1.82) is 0 Å². The predicted octanol–water partition coefficient (Wildman–Crippen LogP) is 5.11. The minimum absolute atomic E-state index is 0.0331. The van der Waals surface area contributed by atoms with Gasteiger partial charge in [-0.3, -0.25) is 9.59 Å². The van der Waals surface area contributed by atoms with E-state index in [-0.39, 0.29) is 28.0 Å². The molecule has 2 fully saturated rings. The third-order valence-corrected chi connectivity index (χ3v) is 6.44. The van der Waals surface area contributed by atoms with Crippen LogP contribution in [0.4, 0.5) is 0 Å². The van der Waals surface area contributed by atoms with Crippen molar-refractivity contribution in [2.45, 2.75) is 44.7 Å². The number of halogens is 1. The van der Waals surface area contributed by atoms with Crippen molar-refractivity contribution in [3.8, 4) is 11.5 Å². The normalized spacial score (nSPS) is 20.7. The second-order valence-corrected chi connectivity index (χ2v) is 8.40. The number of rotatable bonds is 6. The molecule has 1 saturated carbocycles. The van der Waals surface area contributed by atoms with Crippen LogP contribution in [0.5, 0.6) is 11.5 Å². The van der Waals surface area contributed by atoms with Gasteiger partial charge in [-0.15, -0.1) is 0 Å². The highest BCUT2D eigenvalue weighted by Gasteiger charge is 2.49. The molecule has 1 unspecified atom stereocenters. The van der Waals surface area contributed by atoms with E-state index in [4.69, 9.17) is 21.1 Å². The van der Waals surface area contributed by atoms with Gasteiger partial charge in [0.25, 0.3) is 11.7 Å². The molecule has 0 bridgehead atoms. The number of likely N-dealkylation sites (tertiary alicyclic amines) is 1. The molecule has 1 N–H and O–H groups in total. The molecule has 168 valence electrons. The predicted molar refractivity (Wildman–Crippen MR) is 122 cm³/mol. The fourth-order valence-corrected chi connectivity index (χ4v) is 4.84. The summed E-state index contributed by atoms with van der Waals surface area (Å²) >= 11 is 6.35. The topological polar surface area (TPSA) is 76.1 Å². The van der Waals surface area contributed by atoms with E-state index in [1.807, 2.05) is 31.2 Å². The van der Waals surface area contributed by atoms with Crippen LogP contribution < -0.4 is 9.47 Å². The van der Waals surface area contributed by atoms with Crippen LogP contribution in [0.25, 0.3) is 5.76 Å². The number of ketones is 1. The maximum atomic E-state index is 13.2. The molecule has 4 rings (SSSR count). The van der Waals surface area contributed by atoms with Gasteiger partial charge in [0.05, 0.1) is 30.4 Å². The summed E-state index contributed by atoms with van der Waals surface area (Å²) in [6, 6.07) is 11.4. The summed E-state index contributed by atoms with van der Waals surface area (Å²) in [4.78, 5) is 28.1. The standard InChI is InChI=1S/C25H26ClNO5/c1-3-32-18-10-6-7-15(13-18)22-21(23(28)19-14-17(31-2)11-12-20(19)26)24(29)25(30)27(22)16-8-4-5-9-16/h6-7,10-14,16,22,28H,3-5,8-9H2,1-2H3/b23-21+. The molecule has 0 aromatic heterocycles. The van der Waals surface area contributed by atoms with Crippen LogP contribution in [-0.4, -0.2) is 41.5 Å². The lowest BCUT2D eigenvalue weighted by atomic mass is 9.94. The number of benzene rings is 2. The van der Waals surface area contributed by atoms with Crippen LogP contribution in [0.15, 0.2) is 48.0 Å². The average Bonchev–Trinajstić information content (AvgIpc) is 3.41. The first kappa shape index (κ1) is 22.2. The molecular formula is C25H26ClNO5. The Morgan fingerprint density at radius 2 is 1.88 bits per heavy atom. The fraction of sp³-hybridized carbons (Fsp3) is 0.360. The van der Waals surface area contributed by atoms with Crippen molar-refractivity contribution in [2.24, 2.45) is 0 Å². The number of carbonyl (C=O) groups is 2. The van der Waals surface area contributed by atoms with E-state index in [2.05, 4.69) is 0 Å². The van der Waals surface area contributed by atoms with Crippen molar-refractivity contribution in [3.05, 3.63) is 64.2 Å². The molecule has 0 radical (unpaired) electrons. The first-order valence-corrected chi connectivity index (χ1v) is 11.2. The molecule has 32 heavy (non-hydrogen) atoms. The minimum Gasteiger partial charge on any atom is -0.507 e. The van der Waals surface area contributed by atoms with Gasteiger partial charge >= 0.3 is 0 Å². The third kappa shape index (κ3) is 3.95. The van der Waals surface area contributed by atoms with Gasteiger partial charge in [0.1, 0.15) is 17.3 Å². The number of ether oxygens (including phenoxy) is 2. The van der Waals surface area contributed by atoms with Crippen molar-refractivity contribution in [1.82, 2.24) is 4.90 Å². The lowest BCUT2D eigenvalue weighted by molar-refractivity contribution is -0.141. The number of amides is 1. The first-order chi connectivity index (χ1) is 15.5. The number of aliphatic hydroxyl groups is 1. The van der Waals surface area contributed by atoms with E-state index in [1.54, 1.807) is 23.1 Å². The molecule has 2 aliphatic rings. The molecule has 1 aliphatic carbocycles. The number of Topliss-reactive ketones (excluding diaryl/α,β-unsaturated/α-hetero) is 1. The van der Waals surface area contributed by atoms with E-state index in [0.717, 1.165) is 25.7 Å². The van der Waals surface area contributed by atoms with Crippen molar-refractivity contribution in [2.75, 3.05) is 13.7 Å². The zero-order chi connectivity index (χ0) is 22.8. The second-order valence-electron chi connectivity index (χ2n) is 8.00. The number of nitrogens with zero attached hydrogens (tertiary/aromatic N) is 1. The SMILES string of the molecule is CCOc1cccc(C2/C(=C(\O)c3cc(OC)ccc3Cl)C(=O)C(=O)N2C2CCCC2)c1. The molecule has 2 aromatic rings. The van der Waals surface area contributed by atoms with Gasteiger partial charge in [-0.05, 0) is 55.7 Å². The summed E-state index contributed by atoms with van der Waals surface area (Å²) in [6.07, 6.45) is 3.66. The molecule has 1 heterocycles. The number of hydrogen-bond acceptors (Lipinski definition) is 5. The lowest BCUT2D eigenvalue weighted by Gasteiger charge is -2.31. The molecule has 1 aliphatic heterocycles. The van der Waals surface area contributed by atoms with Crippen LogP contribution in [0.1, 0.15) is 49.8 Å². The van der Waals surface area contributed by atoms with Crippen molar-refractivity contribution in [3.63, 3.8) is 0 Å². The number of hydrogen-bond donors (Lipinski definition) is 1. The third-order valence-electron chi connectivity index (χ3n) is 6.11. The van der Waals surface area contributed by atoms with E-state index in [0.29, 0.717) is 23.7 Å². The number of carbonyl (C=O) groups excluding carboxylic acids is 2. The number of aliphatic hydroxyl groups excluding tert-OH is 1. The van der Waals surface area contributed by atoms with Crippen molar-refractivity contribution >= 4 is 29.1 Å². The van der Waals surface area contributed by atoms with Crippen molar-refractivity contribution < 1.29 is 24.2 Å². The van der Waals surface area contributed by atoms with Gasteiger partial charge in [-0.2, -0.15) is 0 Å². The van der Waals surface area contributed by atoms with E-state index >= 15 is 0 Å². The summed E-state index contributed by atoms with van der Waals surface area (Å²) in [6.45, 7) is 2.38. The quantitative estimate of drug-likeness (QED) is 0.372. The van der Waals surface area contributed by atoms with Crippen LogP contribution in [0.2, 0.25) is 5.02 Å². The Morgan fingerprint density at radius 1 is 1.12 bits per heavy atom. The largest absolute Gasteiger partial charge is 0.507 e. The molecule has 1 amide bonds. The molecule has 0 spiro atoms. The van der Waals surface area contributed by atoms with Crippen LogP contribution >= 0.6 is 11.6 Å². The Labute approximate surface area is 192 Å². The van der Waals surface area contributed by atoms with Crippen LogP contribution in [-0.2, 0) is 9.59 Å². The van der Waals surface area contributed by atoms with Gasteiger partial charge in [0.2, 0.25) is 0 Å². The summed E-state index contributed by atoms with van der Waals surface area (Å²) in [5.74, 6) is -0.485. The molecule has 6 nitrogen and oxygen atoms in total. The Morgan fingerprint density at radius 3 is 2.56 bits per heavy atom. The molecule has 1 saturated heterocycles. The first-order valence-electron chi connectivity index (χ1n) is 10.8. The lowest BCUT2D eigenvalue weighted by Crippen LogP contribution is -2.37. The second kappa shape index (κ2) is 9.25. The smallest absolute Gasteiger partial charge is 0.295 e.